The number of amides is 1. The quantitative estimate of drug-likeness (QED) is 0.0330. The second-order valence-electron chi connectivity index (χ2n) is 21.5. The van der Waals surface area contributed by atoms with E-state index in [1.807, 2.05) is 0 Å². The first kappa shape index (κ1) is 65.2. The Kier molecular flexibility index (Phi) is 47.7. The van der Waals surface area contributed by atoms with Crippen molar-refractivity contribution in [2.45, 2.75) is 358 Å². The zero-order valence-corrected chi connectivity index (χ0v) is 45.2. The molecule has 1 heterocycles. The number of nitrogens with one attached hydrogen (secondary N) is 1. The van der Waals surface area contributed by atoms with Crippen LogP contribution in [-0.2, 0) is 14.3 Å². The van der Waals surface area contributed by atoms with Crippen LogP contribution >= 0.6 is 0 Å². The van der Waals surface area contributed by atoms with E-state index >= 15 is 0 Å². The Hall–Kier alpha value is -0.810. The monoisotopic (exact) mass is 968 g/mol. The molecule has 1 aliphatic heterocycles. The van der Waals surface area contributed by atoms with Crippen molar-refractivity contribution in [1.29, 1.82) is 0 Å². The molecule has 0 spiro atoms. The van der Waals surface area contributed by atoms with Crippen LogP contribution in [0.3, 0.4) is 0 Å². The average molecular weight is 969 g/mol. The standard InChI is InChI=1S/C59H117NO8/c1-3-5-7-9-11-13-15-17-19-21-22-23-24-25-26-27-28-29-30-31-33-35-37-39-41-43-45-47-49-55(63)60-52(51-67-59-58(66)57(65)56(64)54(50-61)68-59)53(62)48-46-44-42-40-38-36-34-32-20-18-16-14-12-10-8-6-4-2/h52-54,56-59,61-62,64-66H,3-51H2,1-2H3,(H,60,63). The van der Waals surface area contributed by atoms with E-state index in [4.69, 9.17) is 9.47 Å². The number of aliphatic hydroxyl groups is 5. The molecule has 1 amide bonds. The predicted octanol–water partition coefficient (Wildman–Crippen LogP) is 15.0. The van der Waals surface area contributed by atoms with Gasteiger partial charge in [0, 0.05) is 6.42 Å². The molecule has 1 saturated heterocycles. The maximum atomic E-state index is 13.1. The zero-order valence-electron chi connectivity index (χ0n) is 45.2. The third-order valence-electron chi connectivity index (χ3n) is 15.0. The van der Waals surface area contributed by atoms with Crippen LogP contribution in [0.1, 0.15) is 316 Å². The molecule has 1 rings (SSSR count). The Morgan fingerprint density at radius 2 is 0.735 bits per heavy atom. The van der Waals surface area contributed by atoms with Gasteiger partial charge in [0.1, 0.15) is 24.4 Å². The molecule has 9 heteroatoms. The molecule has 0 radical (unpaired) electrons. The summed E-state index contributed by atoms with van der Waals surface area (Å²) in [5, 5.41) is 54.7. The van der Waals surface area contributed by atoms with E-state index < -0.39 is 49.5 Å². The lowest BCUT2D eigenvalue weighted by atomic mass is 9.99. The first-order valence-electron chi connectivity index (χ1n) is 30.2. The van der Waals surface area contributed by atoms with Gasteiger partial charge in [0.15, 0.2) is 6.29 Å². The van der Waals surface area contributed by atoms with Gasteiger partial charge in [-0.2, -0.15) is 0 Å². The van der Waals surface area contributed by atoms with Gasteiger partial charge in [0.25, 0.3) is 0 Å². The molecule has 7 unspecified atom stereocenters. The van der Waals surface area contributed by atoms with Crippen LogP contribution in [-0.4, -0.2) is 87.5 Å². The summed E-state index contributed by atoms with van der Waals surface area (Å²) >= 11 is 0. The molecule has 0 aliphatic carbocycles. The van der Waals surface area contributed by atoms with Gasteiger partial charge in [0.05, 0.1) is 25.4 Å². The molecule has 406 valence electrons. The SMILES string of the molecule is CCCCCCCCCCCCCCCCCCCCCCCCCCCCCCC(=O)NC(COC1OC(CO)C(O)C(O)C1O)C(O)CCCCCCCCCCCCCCCCCCC. The molecule has 0 aromatic carbocycles. The first-order valence-corrected chi connectivity index (χ1v) is 30.2. The Morgan fingerprint density at radius 1 is 0.441 bits per heavy atom. The van der Waals surface area contributed by atoms with Crippen molar-refractivity contribution < 1.29 is 39.8 Å². The Labute approximate surface area is 421 Å². The van der Waals surface area contributed by atoms with Crippen LogP contribution in [0.5, 0.6) is 0 Å². The maximum Gasteiger partial charge on any atom is 0.220 e. The molecule has 1 fully saturated rings. The molecule has 9 nitrogen and oxygen atoms in total. The van der Waals surface area contributed by atoms with Crippen LogP contribution < -0.4 is 5.32 Å². The van der Waals surface area contributed by atoms with E-state index in [1.165, 1.54) is 250 Å². The minimum atomic E-state index is -1.55. The fraction of sp³-hybridized carbons (Fsp3) is 0.983. The molecular weight excluding hydrogens is 851 g/mol. The molecule has 0 aromatic heterocycles. The summed E-state index contributed by atoms with van der Waals surface area (Å²) in [7, 11) is 0. The molecular formula is C59H117NO8. The van der Waals surface area contributed by atoms with Gasteiger partial charge < -0.3 is 40.3 Å². The third-order valence-corrected chi connectivity index (χ3v) is 15.0. The van der Waals surface area contributed by atoms with Crippen LogP contribution in [0.4, 0.5) is 0 Å². The van der Waals surface area contributed by atoms with Gasteiger partial charge in [-0.05, 0) is 12.8 Å². The van der Waals surface area contributed by atoms with E-state index in [0.717, 1.165) is 38.5 Å². The maximum absolute atomic E-state index is 13.1. The molecule has 0 bridgehead atoms. The molecule has 6 N–H and O–H groups in total. The van der Waals surface area contributed by atoms with E-state index in [9.17, 15) is 30.3 Å². The fourth-order valence-electron chi connectivity index (χ4n) is 10.2. The minimum Gasteiger partial charge on any atom is -0.394 e. The van der Waals surface area contributed by atoms with E-state index in [0.29, 0.717) is 12.8 Å². The van der Waals surface area contributed by atoms with Crippen molar-refractivity contribution in [3.8, 4) is 0 Å². The van der Waals surface area contributed by atoms with Crippen molar-refractivity contribution in [2.75, 3.05) is 13.2 Å². The van der Waals surface area contributed by atoms with Crippen LogP contribution in [0.15, 0.2) is 0 Å². The minimum absolute atomic E-state index is 0.131. The van der Waals surface area contributed by atoms with E-state index in [1.54, 1.807) is 0 Å². The molecule has 7 atom stereocenters. The topological polar surface area (TPSA) is 149 Å². The number of hydrogen-bond acceptors (Lipinski definition) is 8. The summed E-state index contributed by atoms with van der Waals surface area (Å²) in [6.45, 7) is 3.89. The number of unbranched alkanes of at least 4 members (excludes halogenated alkanes) is 43. The van der Waals surface area contributed by atoms with Crippen molar-refractivity contribution in [2.24, 2.45) is 0 Å². The van der Waals surface area contributed by atoms with Gasteiger partial charge in [-0.15, -0.1) is 0 Å². The van der Waals surface area contributed by atoms with Crippen molar-refractivity contribution in [3.05, 3.63) is 0 Å². The fourth-order valence-corrected chi connectivity index (χ4v) is 10.2. The first-order chi connectivity index (χ1) is 33.3. The highest BCUT2D eigenvalue weighted by Crippen LogP contribution is 2.24. The number of aliphatic hydroxyl groups excluding tert-OH is 5. The van der Waals surface area contributed by atoms with Gasteiger partial charge in [-0.1, -0.05) is 296 Å². The van der Waals surface area contributed by atoms with E-state index in [-0.39, 0.29) is 12.5 Å². The Bertz CT molecular complexity index is 1030. The third kappa shape index (κ3) is 38.8. The van der Waals surface area contributed by atoms with Gasteiger partial charge >= 0.3 is 0 Å². The molecule has 0 saturated carbocycles. The van der Waals surface area contributed by atoms with Gasteiger partial charge in [-0.25, -0.2) is 0 Å². The van der Waals surface area contributed by atoms with Gasteiger partial charge in [0.2, 0.25) is 5.91 Å². The number of hydrogen-bond donors (Lipinski definition) is 6. The Balaban J connectivity index is 2.13. The molecule has 1 aliphatic rings. The highest BCUT2D eigenvalue weighted by molar-refractivity contribution is 5.76. The summed E-state index contributed by atoms with van der Waals surface area (Å²) in [6.07, 6.45) is 52.9. The smallest absolute Gasteiger partial charge is 0.220 e. The lowest BCUT2D eigenvalue weighted by Crippen LogP contribution is -2.60. The summed E-state index contributed by atoms with van der Waals surface area (Å²) in [5.74, 6) is -0.135. The zero-order chi connectivity index (χ0) is 49.4. The summed E-state index contributed by atoms with van der Waals surface area (Å²) < 4.78 is 11.3. The van der Waals surface area contributed by atoms with E-state index in [2.05, 4.69) is 19.2 Å². The highest BCUT2D eigenvalue weighted by Gasteiger charge is 2.44. The highest BCUT2D eigenvalue weighted by atomic mass is 16.7. The normalized spacial score (nSPS) is 19.4. The lowest BCUT2D eigenvalue weighted by molar-refractivity contribution is -0.302. The second-order valence-corrected chi connectivity index (χ2v) is 21.5. The summed E-state index contributed by atoms with van der Waals surface area (Å²) in [6, 6.07) is -0.713. The second kappa shape index (κ2) is 49.8. The number of carbonyl (C=O) groups is 1. The average Bonchev–Trinajstić information content (AvgIpc) is 3.34. The Morgan fingerprint density at radius 3 is 1.04 bits per heavy atom. The van der Waals surface area contributed by atoms with Crippen LogP contribution in [0.2, 0.25) is 0 Å². The van der Waals surface area contributed by atoms with Crippen molar-refractivity contribution in [3.63, 3.8) is 0 Å². The number of carbonyl (C=O) groups excluding carboxylic acids is 1. The summed E-state index contributed by atoms with van der Waals surface area (Å²) in [5.41, 5.74) is 0. The van der Waals surface area contributed by atoms with Crippen LogP contribution in [0.25, 0.3) is 0 Å². The predicted molar refractivity (Wildman–Crippen MR) is 286 cm³/mol. The molecule has 0 aromatic rings. The number of ether oxygens (including phenoxy) is 2. The summed E-state index contributed by atoms with van der Waals surface area (Å²) in [4.78, 5) is 13.1. The van der Waals surface area contributed by atoms with Crippen molar-refractivity contribution >= 4 is 5.91 Å². The largest absolute Gasteiger partial charge is 0.394 e. The lowest BCUT2D eigenvalue weighted by Gasteiger charge is -2.40. The van der Waals surface area contributed by atoms with Gasteiger partial charge in [-0.3, -0.25) is 4.79 Å². The van der Waals surface area contributed by atoms with Crippen molar-refractivity contribution in [1.82, 2.24) is 5.32 Å². The molecule has 68 heavy (non-hydrogen) atoms. The van der Waals surface area contributed by atoms with Crippen LogP contribution in [0, 0.1) is 0 Å². The number of rotatable bonds is 53.